The topological polar surface area (TPSA) is 855 Å². The van der Waals surface area contributed by atoms with Crippen LogP contribution in [0.15, 0.2) is 0 Å². The van der Waals surface area contributed by atoms with Gasteiger partial charge >= 0.3 is 355 Å². The predicted octanol–water partition coefficient (Wildman–Crippen LogP) is -50.9. The molecule has 0 heterocycles. The molecular weight excluding hydrogens is 1690 g/mol. The van der Waals surface area contributed by atoms with E-state index in [1.807, 2.05) is 0 Å². The molecule has 10 atom stereocenters. The maximum Gasteiger partial charge on any atom is 1.00 e. The Morgan fingerprint density at radius 2 is 0.419 bits per heavy atom. The Labute approximate surface area is 794 Å². The Morgan fingerprint density at radius 1 is 0.247 bits per heavy atom. The first kappa shape index (κ1) is 132. The molecule has 0 aliphatic heterocycles. The van der Waals surface area contributed by atoms with Gasteiger partial charge in [-0.3, -0.25) is 59.8 Å². The summed E-state index contributed by atoms with van der Waals surface area (Å²) in [6, 6.07) is 0. The Kier molecular flexibility index (Phi) is 77.8. The van der Waals surface area contributed by atoms with Gasteiger partial charge in [0.2, 0.25) is 125 Å². The first-order chi connectivity index (χ1) is 35.4. The third-order valence-electron chi connectivity index (χ3n) is 7.15. The number of hydrogen-bond donors (Lipinski definition) is 2. The minimum atomic E-state index is -7.04. The van der Waals surface area contributed by atoms with Crippen molar-refractivity contribution in [3.8, 4) is 0 Å². The van der Waals surface area contributed by atoms with Crippen LogP contribution in [0, 0.1) is 0 Å². The quantitative estimate of drug-likeness (QED) is 0.0249. The number of carbonyl (C=O) groups is 2. The van der Waals surface area contributed by atoms with Gasteiger partial charge in [0.1, 0.15) is 48.8 Å². The average molecular weight is 1720 g/mol. The summed E-state index contributed by atoms with van der Waals surface area (Å²) in [7, 11) is -82.0. The van der Waals surface area contributed by atoms with Crippen molar-refractivity contribution in [2.24, 2.45) is 0 Å². The monoisotopic (exact) mass is 1710 g/mol. The fourth-order valence-corrected chi connectivity index (χ4v) is 10.4. The van der Waals surface area contributed by atoms with Gasteiger partial charge in [0.25, 0.3) is 11.8 Å². The van der Waals surface area contributed by atoms with E-state index < -0.39 is 230 Å². The van der Waals surface area contributed by atoms with Crippen LogP contribution in [0.1, 0.15) is 6.42 Å². The molecule has 0 bridgehead atoms. The van der Waals surface area contributed by atoms with E-state index in [0.29, 0.717) is 0 Å². The zero-order chi connectivity index (χ0) is 64.4. The van der Waals surface area contributed by atoms with Crippen molar-refractivity contribution in [1.82, 2.24) is 10.6 Å². The average Bonchev–Trinajstić information content (AvgIpc) is 3.15. The van der Waals surface area contributed by atoms with E-state index in [0.717, 1.165) is 0 Å². The van der Waals surface area contributed by atoms with Crippen LogP contribution in [0.4, 0.5) is 0 Å². The molecule has 0 aromatic heterocycles. The van der Waals surface area contributed by atoms with Gasteiger partial charge in [-0.1, -0.05) is 0 Å². The van der Waals surface area contributed by atoms with Crippen LogP contribution in [0.3, 0.4) is 0 Å². The van der Waals surface area contributed by atoms with Gasteiger partial charge in [-0.2, -0.15) is 0 Å². The van der Waals surface area contributed by atoms with Crippen LogP contribution in [0.25, 0.3) is 0 Å². The van der Waals surface area contributed by atoms with Crippen molar-refractivity contribution in [2.75, 3.05) is 26.3 Å². The molecule has 0 aromatic rings. The van der Waals surface area contributed by atoms with Gasteiger partial charge in [0.15, 0.2) is 12.2 Å². The van der Waals surface area contributed by atoms with Gasteiger partial charge in [0, 0.05) is 13.1 Å². The largest absolute Gasteiger partial charge is 1.00 e. The van der Waals surface area contributed by atoms with E-state index in [4.69, 9.17) is 0 Å². The summed E-state index contributed by atoms with van der Waals surface area (Å²) in [6.45, 7) is -8.56. The molecule has 52 nitrogen and oxygen atoms in total. The van der Waals surface area contributed by atoms with Gasteiger partial charge in [-0.25, -0.2) is 101 Å². The Morgan fingerprint density at radius 3 is 0.591 bits per heavy atom. The fourth-order valence-electron chi connectivity index (χ4n) is 5.04. The van der Waals surface area contributed by atoms with Crippen molar-refractivity contribution in [2.45, 2.75) is 67.5 Å². The van der Waals surface area contributed by atoms with Crippen molar-refractivity contribution in [1.29, 1.82) is 0 Å². The van der Waals surface area contributed by atoms with E-state index >= 15 is 0 Å². The Balaban J connectivity index is -0.000000485. The molecule has 0 radical (unpaired) electrons. The van der Waals surface area contributed by atoms with E-state index in [1.54, 1.807) is 0 Å². The number of carbonyl (C=O) groups excluding carboxylic acids is 2. The van der Waals surface area contributed by atoms with Crippen LogP contribution < -0.4 is 365 Å². The van der Waals surface area contributed by atoms with Crippen molar-refractivity contribution >= 4 is 137 Å². The second-order valence-corrected chi connectivity index (χ2v) is 25.3. The van der Waals surface area contributed by atoms with E-state index in [2.05, 4.69) is 50.2 Å². The molecule has 0 aromatic carbocycles. The van der Waals surface area contributed by atoms with Crippen molar-refractivity contribution < 1.29 is 570 Å². The molecule has 0 saturated carbocycles. The van der Waals surface area contributed by atoms with E-state index in [-0.39, 0.29) is 355 Å². The zero-order valence-electron chi connectivity index (χ0n) is 48.6. The molecule has 2 amide bonds. The molecule has 0 aliphatic rings. The summed E-state index contributed by atoms with van der Waals surface area (Å²) in [5.41, 5.74) is 0. The number of amides is 2. The third kappa shape index (κ3) is 70.3. The van der Waals surface area contributed by atoms with Crippen LogP contribution in [-0.4, -0.2) is 255 Å². The second-order valence-electron chi connectivity index (χ2n) is 13.1. The molecular formula is C17H22N2Na12O50S12. The van der Waals surface area contributed by atoms with Gasteiger partial charge in [-0.05, 0) is 6.42 Å². The molecule has 0 spiro atoms. The zero-order valence-corrected chi connectivity index (χ0v) is 82.4. The van der Waals surface area contributed by atoms with Crippen LogP contribution in [-0.2, 0) is 185 Å². The normalized spacial score (nSPS) is 15.7. The Hall–Kier alpha value is 9.38. The first-order valence-electron chi connectivity index (χ1n) is 17.6. The number of rotatable bonds is 40. The molecule has 2 N–H and O–H groups in total. The van der Waals surface area contributed by atoms with Crippen molar-refractivity contribution in [3.05, 3.63) is 0 Å². The maximum absolute atomic E-state index is 13.3. The van der Waals surface area contributed by atoms with E-state index in [9.17, 15) is 165 Å². The molecule has 484 valence electrons. The summed E-state index contributed by atoms with van der Waals surface area (Å²) in [4.78, 5) is 26.6. The van der Waals surface area contributed by atoms with E-state index in [1.165, 1.54) is 10.6 Å². The van der Waals surface area contributed by atoms with Crippen LogP contribution in [0.5, 0.6) is 0 Å². The predicted molar refractivity (Wildman–Crippen MR) is 208 cm³/mol. The molecule has 93 heavy (non-hydrogen) atoms. The Bertz CT molecular complexity index is 3420. The smallest absolute Gasteiger partial charge is 0.726 e. The van der Waals surface area contributed by atoms with Crippen molar-refractivity contribution in [3.63, 3.8) is 0 Å². The molecule has 0 saturated heterocycles. The third-order valence-corrected chi connectivity index (χ3v) is 12.6. The molecule has 76 heteroatoms. The molecule has 0 fully saturated rings. The SMILES string of the molecule is O=C(NCCCNC(=O)[C@H](OS(=O)(=O)[O-])[C@H](OS(=O)(=O)[O-])[C@@H](OS(=O)(=O)[O-])[C@H](OS(=O)(=O)[O-])[C@@H](COS(=O)(=O)[O-])OS(=O)(=O)[O-])[C@H](OS(=O)(=O)[O-])[C@H](OS(=O)(=O)[O-])[C@@H](OS(=O)(=O)[O-])[C@H](OS(=O)(=O)[O-])[C@@H](COS(=O)(=O)[O-])OS(=O)(=O)[O-].[Na+].[Na+].[Na+].[Na+].[Na+].[Na+].[Na+].[Na+].[Na+].[Na+].[Na+].[Na+]. The molecule has 0 aliphatic carbocycles. The summed E-state index contributed by atoms with van der Waals surface area (Å²) in [5.74, 6) is -5.53. The number of hydrogen-bond acceptors (Lipinski definition) is 50. The summed E-state index contributed by atoms with van der Waals surface area (Å²) < 4.78 is 459. The fraction of sp³-hybridized carbons (Fsp3) is 0.882. The second kappa shape index (κ2) is 54.9. The maximum atomic E-state index is 13.3. The first-order valence-corrected chi connectivity index (χ1v) is 33.6. The minimum Gasteiger partial charge on any atom is -0.726 e. The number of nitrogens with one attached hydrogen (secondary N) is 2. The van der Waals surface area contributed by atoms with Gasteiger partial charge < -0.3 is 65.3 Å². The molecule has 0 unspecified atom stereocenters. The minimum absolute atomic E-state index is 0. The van der Waals surface area contributed by atoms with Crippen LogP contribution in [0.2, 0.25) is 0 Å². The standard InChI is InChI=1S/C17H34N2O50S12.12Na/c20-16(14(68-80(52,53)54)12(66-78(46,47)48)10(64-76(40,41)42)8(62-74(34,35)36)6(60-72(28,29)30)4-58-70(22,23)24)18-2-1-3-19-17(21)15(69-81(55,56)57)13(67-79(49,50)51)11(65-77(43,44)45)9(63-75(37,38)39)7(61-73(31,32)33)5-59-71(25,26)27;;;;;;;;;;;;/h6-15H,1-5H2,(H,18,20)(H,19,21)(H,22,23,24)(H,25,26,27)(H,28,29,30)(H,31,32,33)(H,34,35,36)(H,37,38,39)(H,40,41,42)(H,43,44,45)(H,46,47,48)(H,49,50,51)(H,52,53,54)(H,55,56,57);;;;;;;;;;;;/q;12*+1/p-12/t6-,7-,8-,9-,10+,11+,12-,13-,14-,15-;;;;;;;;;;;;/m1............/s1. The van der Waals surface area contributed by atoms with Crippen LogP contribution >= 0.6 is 0 Å². The van der Waals surface area contributed by atoms with Gasteiger partial charge in [0.05, 0.1) is 13.2 Å². The summed E-state index contributed by atoms with van der Waals surface area (Å²) >= 11 is 0. The van der Waals surface area contributed by atoms with Gasteiger partial charge in [-0.15, -0.1) is 0 Å². The summed E-state index contributed by atoms with van der Waals surface area (Å²) in [5, 5.41) is 2.37. The molecule has 0 rings (SSSR count). The summed E-state index contributed by atoms with van der Waals surface area (Å²) in [6.07, 6.45) is -44.0.